The van der Waals surface area contributed by atoms with E-state index in [1.807, 2.05) is 30.3 Å². The summed E-state index contributed by atoms with van der Waals surface area (Å²) < 4.78 is 29.4. The molecule has 0 bridgehead atoms. The highest BCUT2D eigenvalue weighted by Crippen LogP contribution is 2.20. The largest absolute Gasteiger partial charge is 0.376 e. The first kappa shape index (κ1) is 19.4. The van der Waals surface area contributed by atoms with E-state index in [2.05, 4.69) is 15.5 Å². The van der Waals surface area contributed by atoms with Crippen LogP contribution in [-0.4, -0.2) is 23.8 Å². The summed E-state index contributed by atoms with van der Waals surface area (Å²) in [7, 11) is -3.14. The van der Waals surface area contributed by atoms with Gasteiger partial charge in [-0.1, -0.05) is 28.9 Å². The second kappa shape index (κ2) is 8.10. The second-order valence-electron chi connectivity index (χ2n) is 6.43. The molecule has 27 heavy (non-hydrogen) atoms. The van der Waals surface area contributed by atoms with Crippen LogP contribution in [0.2, 0.25) is 5.02 Å². The van der Waals surface area contributed by atoms with Crippen LogP contribution in [0.3, 0.4) is 0 Å². The topological polar surface area (TPSA) is 85.1 Å². The molecule has 0 aliphatic heterocycles. The maximum Gasteiger partial charge on any atom is 0.246 e. The Morgan fingerprint density at radius 3 is 2.59 bits per heavy atom. The van der Waals surface area contributed by atoms with Gasteiger partial charge in [-0.05, 0) is 55.8 Å². The minimum absolute atomic E-state index is 0.0153. The zero-order chi connectivity index (χ0) is 19.4. The SMILES string of the molecule is CC(C)S(=O)(=O)Cc1cccc(NCc2nc(-c3ccc(Cl)cc3)no2)c1. The average Bonchev–Trinajstić information content (AvgIpc) is 3.09. The van der Waals surface area contributed by atoms with Crippen molar-refractivity contribution in [3.63, 3.8) is 0 Å². The van der Waals surface area contributed by atoms with Gasteiger partial charge in [0.2, 0.25) is 11.7 Å². The molecule has 142 valence electrons. The van der Waals surface area contributed by atoms with Gasteiger partial charge in [0.15, 0.2) is 9.84 Å². The van der Waals surface area contributed by atoms with Crippen LogP contribution >= 0.6 is 11.6 Å². The quantitative estimate of drug-likeness (QED) is 0.629. The number of hydrogen-bond acceptors (Lipinski definition) is 6. The molecule has 6 nitrogen and oxygen atoms in total. The van der Waals surface area contributed by atoms with Gasteiger partial charge in [-0.15, -0.1) is 0 Å². The highest BCUT2D eigenvalue weighted by Gasteiger charge is 2.17. The van der Waals surface area contributed by atoms with Crippen molar-refractivity contribution < 1.29 is 12.9 Å². The number of aromatic nitrogens is 2. The van der Waals surface area contributed by atoms with Crippen molar-refractivity contribution in [2.75, 3.05) is 5.32 Å². The molecule has 0 spiro atoms. The number of nitrogens with one attached hydrogen (secondary N) is 1. The van der Waals surface area contributed by atoms with E-state index in [0.717, 1.165) is 16.8 Å². The molecule has 0 saturated carbocycles. The molecule has 1 N–H and O–H groups in total. The minimum atomic E-state index is -3.14. The fraction of sp³-hybridized carbons (Fsp3) is 0.263. The van der Waals surface area contributed by atoms with Crippen molar-refractivity contribution in [3.8, 4) is 11.4 Å². The second-order valence-corrected chi connectivity index (χ2v) is 9.42. The molecule has 0 unspecified atom stereocenters. The molecule has 0 saturated heterocycles. The summed E-state index contributed by atoms with van der Waals surface area (Å²) in [5.74, 6) is 0.932. The lowest BCUT2D eigenvalue weighted by atomic mass is 10.2. The van der Waals surface area contributed by atoms with Gasteiger partial charge >= 0.3 is 0 Å². The van der Waals surface area contributed by atoms with Crippen LogP contribution in [0.15, 0.2) is 53.1 Å². The van der Waals surface area contributed by atoms with E-state index in [9.17, 15) is 8.42 Å². The minimum Gasteiger partial charge on any atom is -0.376 e. The fourth-order valence-corrected chi connectivity index (χ4v) is 3.49. The van der Waals surface area contributed by atoms with E-state index in [1.54, 1.807) is 32.0 Å². The van der Waals surface area contributed by atoms with Crippen molar-refractivity contribution >= 4 is 27.1 Å². The molecular formula is C19H20ClN3O3S. The van der Waals surface area contributed by atoms with E-state index in [0.29, 0.717) is 23.3 Å². The maximum atomic E-state index is 12.1. The number of sulfone groups is 1. The summed E-state index contributed by atoms with van der Waals surface area (Å²) >= 11 is 5.88. The van der Waals surface area contributed by atoms with Crippen LogP contribution in [0.1, 0.15) is 25.3 Å². The molecule has 0 fully saturated rings. The Kier molecular flexibility index (Phi) is 5.82. The third kappa shape index (κ3) is 5.08. The van der Waals surface area contributed by atoms with E-state index < -0.39 is 15.1 Å². The van der Waals surface area contributed by atoms with Crippen molar-refractivity contribution in [3.05, 3.63) is 65.0 Å². The number of halogens is 1. The summed E-state index contributed by atoms with van der Waals surface area (Å²) in [5, 5.41) is 7.38. The lowest BCUT2D eigenvalue weighted by Crippen LogP contribution is -2.16. The van der Waals surface area contributed by atoms with Crippen molar-refractivity contribution in [2.24, 2.45) is 0 Å². The third-order valence-corrected chi connectivity index (χ3v) is 6.45. The molecule has 8 heteroatoms. The molecule has 0 radical (unpaired) electrons. The first-order valence-corrected chi connectivity index (χ1v) is 10.6. The van der Waals surface area contributed by atoms with Crippen LogP contribution < -0.4 is 5.32 Å². The zero-order valence-electron chi connectivity index (χ0n) is 15.0. The Labute approximate surface area is 163 Å². The van der Waals surface area contributed by atoms with Gasteiger partial charge in [0, 0.05) is 16.3 Å². The Morgan fingerprint density at radius 1 is 1.15 bits per heavy atom. The van der Waals surface area contributed by atoms with Gasteiger partial charge in [-0.2, -0.15) is 4.98 Å². The monoisotopic (exact) mass is 405 g/mol. The Bertz CT molecular complexity index is 1010. The standard InChI is InChI=1S/C19H20ClN3O3S/c1-13(2)27(24,25)12-14-4-3-5-17(10-14)21-11-18-22-19(23-26-18)15-6-8-16(20)9-7-15/h3-10,13,21H,11-12H2,1-2H3. The van der Waals surface area contributed by atoms with E-state index in [-0.39, 0.29) is 5.75 Å². The first-order chi connectivity index (χ1) is 12.8. The molecule has 1 aromatic heterocycles. The highest BCUT2D eigenvalue weighted by atomic mass is 35.5. The lowest BCUT2D eigenvalue weighted by Gasteiger charge is -2.09. The third-order valence-electron chi connectivity index (χ3n) is 4.03. The smallest absolute Gasteiger partial charge is 0.246 e. The highest BCUT2D eigenvalue weighted by molar-refractivity contribution is 7.91. The van der Waals surface area contributed by atoms with E-state index in [1.165, 1.54) is 0 Å². The van der Waals surface area contributed by atoms with Gasteiger partial charge in [0.25, 0.3) is 0 Å². The van der Waals surface area contributed by atoms with E-state index >= 15 is 0 Å². The van der Waals surface area contributed by atoms with Crippen LogP contribution in [0.25, 0.3) is 11.4 Å². The van der Waals surface area contributed by atoms with Crippen molar-refractivity contribution in [1.82, 2.24) is 10.1 Å². The molecular weight excluding hydrogens is 386 g/mol. The molecule has 0 aliphatic carbocycles. The number of anilines is 1. The van der Waals surface area contributed by atoms with E-state index in [4.69, 9.17) is 16.1 Å². The lowest BCUT2D eigenvalue weighted by molar-refractivity contribution is 0.384. The van der Waals surface area contributed by atoms with Gasteiger partial charge in [0.1, 0.15) is 0 Å². The summed E-state index contributed by atoms with van der Waals surface area (Å²) in [6.45, 7) is 3.71. The van der Waals surface area contributed by atoms with Crippen molar-refractivity contribution in [1.29, 1.82) is 0 Å². The van der Waals surface area contributed by atoms with Crippen LogP contribution in [0, 0.1) is 0 Å². The van der Waals surface area contributed by atoms with Crippen LogP contribution in [0.5, 0.6) is 0 Å². The van der Waals surface area contributed by atoms with Gasteiger partial charge in [0.05, 0.1) is 17.5 Å². The predicted octanol–water partition coefficient (Wildman–Crippen LogP) is 4.33. The molecule has 0 amide bonds. The van der Waals surface area contributed by atoms with Crippen molar-refractivity contribution in [2.45, 2.75) is 31.4 Å². The van der Waals surface area contributed by atoms with Crippen LogP contribution in [-0.2, 0) is 22.1 Å². The molecule has 1 heterocycles. The summed E-state index contributed by atoms with van der Waals surface area (Å²) in [5.41, 5.74) is 2.34. The summed E-state index contributed by atoms with van der Waals surface area (Å²) in [6.07, 6.45) is 0. The number of hydrogen-bond donors (Lipinski definition) is 1. The Hall–Kier alpha value is -2.38. The molecule has 0 atom stereocenters. The summed E-state index contributed by atoms with van der Waals surface area (Å²) in [4.78, 5) is 4.35. The predicted molar refractivity (Wildman–Crippen MR) is 106 cm³/mol. The first-order valence-electron chi connectivity index (χ1n) is 8.46. The molecule has 3 rings (SSSR count). The Balaban J connectivity index is 1.65. The van der Waals surface area contributed by atoms with Gasteiger partial charge in [-0.3, -0.25) is 0 Å². The normalized spacial score (nSPS) is 11.7. The maximum absolute atomic E-state index is 12.1. The molecule has 3 aromatic rings. The summed E-state index contributed by atoms with van der Waals surface area (Å²) in [6, 6.07) is 14.5. The average molecular weight is 406 g/mol. The van der Waals surface area contributed by atoms with Gasteiger partial charge < -0.3 is 9.84 Å². The Morgan fingerprint density at radius 2 is 1.89 bits per heavy atom. The number of rotatable bonds is 7. The van der Waals surface area contributed by atoms with Gasteiger partial charge in [-0.25, -0.2) is 8.42 Å². The number of benzene rings is 2. The molecule has 0 aliphatic rings. The fourth-order valence-electron chi connectivity index (χ4n) is 2.39. The number of nitrogens with zero attached hydrogens (tertiary/aromatic N) is 2. The zero-order valence-corrected chi connectivity index (χ0v) is 16.6. The molecule has 2 aromatic carbocycles. The van der Waals surface area contributed by atoms with Crippen LogP contribution in [0.4, 0.5) is 5.69 Å².